The van der Waals surface area contributed by atoms with Crippen molar-refractivity contribution >= 4 is 17.8 Å². The number of carbonyl (C=O) groups excluding carboxylic acids is 2. The maximum Gasteiger partial charge on any atom is 0.408 e. The van der Waals surface area contributed by atoms with Crippen LogP contribution in [0.15, 0.2) is 42.7 Å². The monoisotopic (exact) mass is 580 g/mol. The average molecular weight is 581 g/mol. The van der Waals surface area contributed by atoms with Gasteiger partial charge >= 0.3 is 12.3 Å². The van der Waals surface area contributed by atoms with E-state index in [1.807, 2.05) is 6.07 Å². The van der Waals surface area contributed by atoms with Crippen molar-refractivity contribution in [1.29, 1.82) is 0 Å². The Hall–Kier alpha value is -3.84. The summed E-state index contributed by atoms with van der Waals surface area (Å²) in [6.45, 7) is -0.474. The molecule has 2 aromatic heterocycles. The number of nitrogens with zero attached hydrogens (tertiary/aromatic N) is 4. The van der Waals surface area contributed by atoms with E-state index in [4.69, 9.17) is 4.74 Å². The highest BCUT2D eigenvalue weighted by atomic mass is 19.4. The van der Waals surface area contributed by atoms with Crippen LogP contribution < -0.4 is 10.6 Å². The maximum absolute atomic E-state index is 14.4. The highest BCUT2D eigenvalue weighted by Gasteiger charge is 2.45. The van der Waals surface area contributed by atoms with Gasteiger partial charge in [-0.3, -0.25) is 4.79 Å². The zero-order chi connectivity index (χ0) is 29.2. The Labute approximate surface area is 231 Å². The van der Waals surface area contributed by atoms with Gasteiger partial charge in [-0.25, -0.2) is 28.1 Å². The van der Waals surface area contributed by atoms with Gasteiger partial charge < -0.3 is 15.4 Å². The van der Waals surface area contributed by atoms with Crippen molar-refractivity contribution in [2.24, 2.45) is 17.8 Å². The predicted molar refractivity (Wildman–Crippen MR) is 135 cm³/mol. The first-order valence-electron chi connectivity index (χ1n) is 13.4. The quantitative estimate of drug-likeness (QED) is 0.390. The van der Waals surface area contributed by atoms with E-state index in [2.05, 4.69) is 25.7 Å². The lowest BCUT2D eigenvalue weighted by atomic mass is 9.81. The van der Waals surface area contributed by atoms with Gasteiger partial charge in [0.1, 0.15) is 6.61 Å². The number of carbonyl (C=O) groups is 2. The normalized spacial score (nSPS) is 23.5. The minimum Gasteiger partial charge on any atom is -0.445 e. The third kappa shape index (κ3) is 7.09. The second kappa shape index (κ2) is 11.6. The molecule has 0 bridgehead atoms. The second-order valence-corrected chi connectivity index (χ2v) is 10.7. The number of hydrogen-bond donors (Lipinski definition) is 2. The molecule has 2 aliphatic rings. The van der Waals surface area contributed by atoms with Gasteiger partial charge in [-0.15, -0.1) is 0 Å². The van der Waals surface area contributed by atoms with Gasteiger partial charge in [0.2, 0.25) is 11.8 Å². The Bertz CT molecular complexity index is 1380. The van der Waals surface area contributed by atoms with Crippen LogP contribution in [-0.4, -0.2) is 50.2 Å². The number of alkyl halides is 5. The molecule has 41 heavy (non-hydrogen) atoms. The Morgan fingerprint density at radius 3 is 2.76 bits per heavy atom. The summed E-state index contributed by atoms with van der Waals surface area (Å²) in [6.07, 6.45) is -2.89. The summed E-state index contributed by atoms with van der Waals surface area (Å²) in [6, 6.07) is 8.05. The molecular formula is C27H29F5N6O3. The number of imidazole rings is 1. The fraction of sp³-hybridized carbons (Fsp3) is 0.519. The van der Waals surface area contributed by atoms with Crippen molar-refractivity contribution in [2.45, 2.75) is 63.3 Å². The molecule has 0 unspecified atom stereocenters. The van der Waals surface area contributed by atoms with E-state index in [-0.39, 0.29) is 49.5 Å². The third-order valence-electron chi connectivity index (χ3n) is 7.59. The molecule has 1 aliphatic heterocycles. The first-order chi connectivity index (χ1) is 19.5. The molecule has 3 aromatic rings. The molecule has 2 amide bonds. The molecule has 1 saturated heterocycles. The number of benzene rings is 1. The van der Waals surface area contributed by atoms with Gasteiger partial charge in [-0.05, 0) is 30.7 Å². The first kappa shape index (κ1) is 28.7. The highest BCUT2D eigenvalue weighted by Crippen LogP contribution is 2.42. The van der Waals surface area contributed by atoms with Crippen molar-refractivity contribution in [2.75, 3.05) is 6.54 Å². The fourth-order valence-electron chi connectivity index (χ4n) is 5.48. The van der Waals surface area contributed by atoms with E-state index in [1.165, 1.54) is 16.9 Å². The average Bonchev–Trinajstić information content (AvgIpc) is 3.34. The van der Waals surface area contributed by atoms with Gasteiger partial charge in [-0.2, -0.15) is 18.3 Å². The number of rotatable bonds is 7. The molecule has 5 rings (SSSR count). The second-order valence-electron chi connectivity index (χ2n) is 10.7. The lowest BCUT2D eigenvalue weighted by molar-refractivity contribution is -0.183. The number of ether oxygens (including phenoxy) is 1. The Morgan fingerprint density at radius 1 is 1.24 bits per heavy atom. The largest absolute Gasteiger partial charge is 0.445 e. The van der Waals surface area contributed by atoms with E-state index in [9.17, 15) is 31.5 Å². The van der Waals surface area contributed by atoms with Gasteiger partial charge in [0.25, 0.3) is 5.78 Å². The van der Waals surface area contributed by atoms with E-state index in [0.29, 0.717) is 6.42 Å². The van der Waals surface area contributed by atoms with E-state index >= 15 is 0 Å². The van der Waals surface area contributed by atoms with Crippen LogP contribution in [0.1, 0.15) is 55.1 Å². The molecule has 14 heteroatoms. The van der Waals surface area contributed by atoms with E-state index in [0.717, 1.165) is 5.56 Å². The molecule has 0 spiro atoms. The topological polar surface area (TPSA) is 111 Å². The molecule has 9 nitrogen and oxygen atoms in total. The standard InChI is InChI=1S/C27H29F5N6O3/c28-26(29)8-4-7-17(11-26)22(36-25(40)41-15-16-5-2-1-3-6-16)21-14-38-24(35-21)34-13-20(37-38)10-18-9-19(27(30,31)32)12-33-23(18)39/h1-3,5-6,13-14,17-19,22H,4,7-12,15H2,(H,33,39)(H,36,40)/t17-,18-,19+,22+/m1/s1. The molecule has 1 aromatic carbocycles. The Balaban J connectivity index is 1.35. The van der Waals surface area contributed by atoms with Gasteiger partial charge in [0, 0.05) is 31.7 Å². The Morgan fingerprint density at radius 2 is 2.02 bits per heavy atom. The summed E-state index contributed by atoms with van der Waals surface area (Å²) in [5.74, 6) is -6.51. The molecule has 1 aliphatic carbocycles. The van der Waals surface area contributed by atoms with E-state index < -0.39 is 60.9 Å². The Kier molecular flexibility index (Phi) is 8.09. The van der Waals surface area contributed by atoms with Crippen LogP contribution in [0, 0.1) is 17.8 Å². The van der Waals surface area contributed by atoms with Gasteiger partial charge in [0.05, 0.1) is 35.7 Å². The zero-order valence-corrected chi connectivity index (χ0v) is 21.9. The lowest BCUT2D eigenvalue weighted by Crippen LogP contribution is -2.47. The summed E-state index contributed by atoms with van der Waals surface area (Å²) in [5, 5.41) is 9.36. The van der Waals surface area contributed by atoms with Crippen LogP contribution in [0.2, 0.25) is 0 Å². The lowest BCUT2D eigenvalue weighted by Gasteiger charge is -2.33. The minimum atomic E-state index is -4.43. The number of halogens is 5. The number of piperidine rings is 1. The molecule has 0 radical (unpaired) electrons. The third-order valence-corrected chi connectivity index (χ3v) is 7.59. The van der Waals surface area contributed by atoms with Crippen LogP contribution in [0.4, 0.5) is 26.7 Å². The zero-order valence-electron chi connectivity index (χ0n) is 21.9. The fourth-order valence-corrected chi connectivity index (χ4v) is 5.48. The van der Waals surface area contributed by atoms with Crippen LogP contribution in [0.5, 0.6) is 0 Å². The summed E-state index contributed by atoms with van der Waals surface area (Å²) in [5.41, 5.74) is 1.26. The maximum atomic E-state index is 14.4. The molecule has 1 saturated carbocycles. The van der Waals surface area contributed by atoms with Crippen molar-refractivity contribution in [3.05, 3.63) is 59.7 Å². The summed E-state index contributed by atoms with van der Waals surface area (Å²) in [4.78, 5) is 33.6. The number of hydrogen-bond acceptors (Lipinski definition) is 6. The predicted octanol–water partition coefficient (Wildman–Crippen LogP) is 4.77. The SMILES string of the molecule is O=C(N[C@H](c1cn2nc(C[C@H]3C[C@H](C(F)(F)F)CNC3=O)cnc2n1)[C@@H]1CCCC(F)(F)C1)OCc1ccccc1. The summed E-state index contributed by atoms with van der Waals surface area (Å²) < 4.78 is 75.0. The number of aromatic nitrogens is 4. The summed E-state index contributed by atoms with van der Waals surface area (Å²) >= 11 is 0. The van der Waals surface area contributed by atoms with Crippen molar-refractivity contribution in [1.82, 2.24) is 30.2 Å². The smallest absolute Gasteiger partial charge is 0.408 e. The number of fused-ring (bicyclic) bond motifs is 1. The minimum absolute atomic E-state index is 0.0121. The molecular weight excluding hydrogens is 551 g/mol. The molecule has 3 heterocycles. The highest BCUT2D eigenvalue weighted by molar-refractivity contribution is 5.79. The summed E-state index contributed by atoms with van der Waals surface area (Å²) in [7, 11) is 0. The van der Waals surface area contributed by atoms with Gasteiger partial charge in [-0.1, -0.05) is 30.3 Å². The van der Waals surface area contributed by atoms with Crippen LogP contribution in [0.3, 0.4) is 0 Å². The van der Waals surface area contributed by atoms with Crippen LogP contribution >= 0.6 is 0 Å². The first-order valence-corrected chi connectivity index (χ1v) is 13.4. The van der Waals surface area contributed by atoms with Crippen molar-refractivity contribution < 1.29 is 36.3 Å². The van der Waals surface area contributed by atoms with Crippen LogP contribution in [0.25, 0.3) is 5.78 Å². The van der Waals surface area contributed by atoms with Crippen LogP contribution in [-0.2, 0) is 22.6 Å². The van der Waals surface area contributed by atoms with Crippen molar-refractivity contribution in [3.8, 4) is 0 Å². The number of amides is 2. The molecule has 2 N–H and O–H groups in total. The van der Waals surface area contributed by atoms with E-state index in [1.54, 1.807) is 24.3 Å². The number of alkyl carbamates (subject to hydrolysis) is 1. The van der Waals surface area contributed by atoms with Crippen molar-refractivity contribution in [3.63, 3.8) is 0 Å². The molecule has 220 valence electrons. The molecule has 4 atom stereocenters. The molecule has 2 fully saturated rings. The number of nitrogens with one attached hydrogen (secondary N) is 2. The van der Waals surface area contributed by atoms with Gasteiger partial charge in [0.15, 0.2) is 0 Å².